The van der Waals surface area contributed by atoms with E-state index in [1.165, 1.54) is 17.0 Å². The highest BCUT2D eigenvalue weighted by Gasteiger charge is 2.21. The Labute approximate surface area is 105 Å². The van der Waals surface area contributed by atoms with Gasteiger partial charge in [0.15, 0.2) is 5.84 Å². The van der Waals surface area contributed by atoms with Crippen LogP contribution in [0.2, 0.25) is 0 Å². The molecule has 0 aromatic heterocycles. The van der Waals surface area contributed by atoms with Crippen LogP contribution in [-0.4, -0.2) is 28.9 Å². The van der Waals surface area contributed by atoms with Gasteiger partial charge in [-0.3, -0.25) is 4.79 Å². The molecule has 1 rings (SSSR count). The molecule has 0 saturated heterocycles. The standard InChI is InChI=1S/C12H16FN3O2/c1-8(11(14)15-18)12(17)16(2)7-9-4-3-5-10(13)6-9/h3-6,8,18H,7H2,1-2H3,(H2,14,15). The molecule has 18 heavy (non-hydrogen) atoms. The predicted molar refractivity (Wildman–Crippen MR) is 65.4 cm³/mol. The largest absolute Gasteiger partial charge is 0.409 e. The summed E-state index contributed by atoms with van der Waals surface area (Å²) in [5.41, 5.74) is 6.04. The van der Waals surface area contributed by atoms with Crippen molar-refractivity contribution in [2.24, 2.45) is 16.8 Å². The molecule has 0 aliphatic carbocycles. The highest BCUT2D eigenvalue weighted by Crippen LogP contribution is 2.09. The molecule has 0 saturated carbocycles. The number of amides is 1. The summed E-state index contributed by atoms with van der Waals surface area (Å²) >= 11 is 0. The summed E-state index contributed by atoms with van der Waals surface area (Å²) in [5, 5.41) is 11.3. The molecule has 98 valence electrons. The zero-order valence-corrected chi connectivity index (χ0v) is 10.3. The van der Waals surface area contributed by atoms with Crippen LogP contribution in [0.25, 0.3) is 0 Å². The summed E-state index contributed by atoms with van der Waals surface area (Å²) in [6.45, 7) is 1.80. The van der Waals surface area contributed by atoms with E-state index in [1.807, 2.05) is 0 Å². The van der Waals surface area contributed by atoms with Crippen molar-refractivity contribution < 1.29 is 14.4 Å². The Kier molecular flexibility index (Phi) is 4.65. The number of halogens is 1. The molecule has 1 unspecified atom stereocenters. The molecule has 0 spiro atoms. The minimum absolute atomic E-state index is 0.147. The molecule has 1 aromatic rings. The first kappa shape index (κ1) is 14.0. The summed E-state index contributed by atoms with van der Waals surface area (Å²) < 4.78 is 13.0. The van der Waals surface area contributed by atoms with Crippen LogP contribution >= 0.6 is 0 Å². The Hall–Kier alpha value is -2.11. The second-order valence-corrected chi connectivity index (χ2v) is 4.07. The van der Waals surface area contributed by atoms with E-state index in [0.717, 1.165) is 0 Å². The van der Waals surface area contributed by atoms with Crippen molar-refractivity contribution in [3.05, 3.63) is 35.6 Å². The number of oxime groups is 1. The Morgan fingerprint density at radius 2 is 2.28 bits per heavy atom. The number of rotatable bonds is 4. The summed E-state index contributed by atoms with van der Waals surface area (Å²) in [7, 11) is 1.58. The predicted octanol–water partition coefficient (Wildman–Crippen LogP) is 1.17. The number of amidine groups is 1. The van der Waals surface area contributed by atoms with Crippen molar-refractivity contribution in [3.8, 4) is 0 Å². The molecule has 0 bridgehead atoms. The number of carbonyl (C=O) groups is 1. The Bertz CT molecular complexity index is 462. The fraction of sp³-hybridized carbons (Fsp3) is 0.333. The van der Waals surface area contributed by atoms with Crippen molar-refractivity contribution in [3.63, 3.8) is 0 Å². The van der Waals surface area contributed by atoms with Crippen LogP contribution in [0.5, 0.6) is 0 Å². The monoisotopic (exact) mass is 253 g/mol. The highest BCUT2D eigenvalue weighted by molar-refractivity contribution is 6.01. The third-order valence-electron chi connectivity index (χ3n) is 2.61. The second-order valence-electron chi connectivity index (χ2n) is 4.07. The van der Waals surface area contributed by atoms with E-state index in [-0.39, 0.29) is 24.1 Å². The van der Waals surface area contributed by atoms with Crippen LogP contribution in [0.1, 0.15) is 12.5 Å². The molecule has 1 amide bonds. The molecule has 0 aliphatic rings. The molecule has 1 atom stereocenters. The third-order valence-corrected chi connectivity index (χ3v) is 2.61. The minimum Gasteiger partial charge on any atom is -0.409 e. The number of carbonyl (C=O) groups excluding carboxylic acids is 1. The van der Waals surface area contributed by atoms with E-state index in [4.69, 9.17) is 10.9 Å². The lowest BCUT2D eigenvalue weighted by Crippen LogP contribution is -2.38. The molecule has 0 heterocycles. The highest BCUT2D eigenvalue weighted by atomic mass is 19.1. The molecule has 5 nitrogen and oxygen atoms in total. The smallest absolute Gasteiger partial charge is 0.233 e. The first-order valence-electron chi connectivity index (χ1n) is 5.42. The van der Waals surface area contributed by atoms with Crippen molar-refractivity contribution in [1.29, 1.82) is 0 Å². The summed E-state index contributed by atoms with van der Waals surface area (Å²) in [5.74, 6) is -1.51. The average molecular weight is 253 g/mol. The first-order chi connectivity index (χ1) is 8.45. The van der Waals surface area contributed by atoms with Gasteiger partial charge in [-0.2, -0.15) is 0 Å². The van der Waals surface area contributed by atoms with Crippen LogP contribution < -0.4 is 5.73 Å². The number of benzene rings is 1. The van der Waals surface area contributed by atoms with Gasteiger partial charge in [0.05, 0.1) is 5.92 Å². The van der Waals surface area contributed by atoms with Crippen LogP contribution in [0.3, 0.4) is 0 Å². The van der Waals surface area contributed by atoms with Gasteiger partial charge in [0.2, 0.25) is 5.91 Å². The molecule has 0 fully saturated rings. The molecule has 0 radical (unpaired) electrons. The van der Waals surface area contributed by atoms with Gasteiger partial charge in [-0.25, -0.2) is 4.39 Å². The van der Waals surface area contributed by atoms with Gasteiger partial charge >= 0.3 is 0 Å². The van der Waals surface area contributed by atoms with E-state index >= 15 is 0 Å². The van der Waals surface area contributed by atoms with E-state index in [9.17, 15) is 9.18 Å². The fourth-order valence-electron chi connectivity index (χ4n) is 1.53. The molecule has 6 heteroatoms. The molecular formula is C12H16FN3O2. The Morgan fingerprint density at radius 3 is 2.83 bits per heavy atom. The zero-order chi connectivity index (χ0) is 13.7. The maximum absolute atomic E-state index is 13.0. The minimum atomic E-state index is -0.714. The molecule has 0 aliphatic heterocycles. The van der Waals surface area contributed by atoms with Crippen molar-refractivity contribution >= 4 is 11.7 Å². The van der Waals surface area contributed by atoms with E-state index in [0.29, 0.717) is 5.56 Å². The van der Waals surface area contributed by atoms with Crippen LogP contribution in [0.15, 0.2) is 29.4 Å². The zero-order valence-electron chi connectivity index (χ0n) is 10.3. The average Bonchev–Trinajstić information content (AvgIpc) is 2.36. The van der Waals surface area contributed by atoms with Crippen molar-refractivity contribution in [2.45, 2.75) is 13.5 Å². The van der Waals surface area contributed by atoms with Crippen LogP contribution in [0, 0.1) is 11.7 Å². The summed E-state index contributed by atoms with van der Waals surface area (Å²) in [6.07, 6.45) is 0. The SMILES string of the molecule is CC(C(=O)N(C)Cc1cccc(F)c1)C(N)=NO. The van der Waals surface area contributed by atoms with Gasteiger partial charge in [0.25, 0.3) is 0 Å². The third kappa shape index (κ3) is 3.44. The Balaban J connectivity index is 2.71. The maximum Gasteiger partial charge on any atom is 0.233 e. The van der Waals surface area contributed by atoms with E-state index in [1.54, 1.807) is 26.1 Å². The topological polar surface area (TPSA) is 78.9 Å². The molecule has 3 N–H and O–H groups in total. The van der Waals surface area contributed by atoms with Gasteiger partial charge in [0, 0.05) is 13.6 Å². The lowest BCUT2D eigenvalue weighted by Gasteiger charge is -2.20. The fourth-order valence-corrected chi connectivity index (χ4v) is 1.53. The quantitative estimate of drug-likeness (QED) is 0.366. The molecular weight excluding hydrogens is 237 g/mol. The van der Waals surface area contributed by atoms with Gasteiger partial charge in [-0.05, 0) is 24.6 Å². The number of hydrogen-bond donors (Lipinski definition) is 2. The lowest BCUT2D eigenvalue weighted by molar-refractivity contribution is -0.132. The number of nitrogens with zero attached hydrogens (tertiary/aromatic N) is 2. The van der Waals surface area contributed by atoms with Crippen molar-refractivity contribution in [1.82, 2.24) is 4.90 Å². The van der Waals surface area contributed by atoms with Gasteiger partial charge in [0.1, 0.15) is 5.82 Å². The van der Waals surface area contributed by atoms with Gasteiger partial charge in [-0.1, -0.05) is 17.3 Å². The van der Waals surface area contributed by atoms with Gasteiger partial charge in [-0.15, -0.1) is 0 Å². The normalized spacial score (nSPS) is 13.2. The van der Waals surface area contributed by atoms with Crippen LogP contribution in [-0.2, 0) is 11.3 Å². The maximum atomic E-state index is 13.0. The van der Waals surface area contributed by atoms with Crippen molar-refractivity contribution in [2.75, 3.05) is 7.05 Å². The van der Waals surface area contributed by atoms with Crippen LogP contribution in [0.4, 0.5) is 4.39 Å². The summed E-state index contributed by atoms with van der Waals surface area (Å²) in [6, 6.07) is 6.00. The first-order valence-corrected chi connectivity index (χ1v) is 5.42. The van der Waals surface area contributed by atoms with E-state index in [2.05, 4.69) is 5.16 Å². The van der Waals surface area contributed by atoms with E-state index < -0.39 is 5.92 Å². The lowest BCUT2D eigenvalue weighted by atomic mass is 10.1. The Morgan fingerprint density at radius 1 is 1.61 bits per heavy atom. The number of hydrogen-bond acceptors (Lipinski definition) is 3. The summed E-state index contributed by atoms with van der Waals surface area (Å²) in [4.78, 5) is 13.3. The number of nitrogens with two attached hydrogens (primary N) is 1. The van der Waals surface area contributed by atoms with Gasteiger partial charge < -0.3 is 15.8 Å². The second kappa shape index (κ2) is 6.00. The molecule has 1 aromatic carbocycles.